The highest BCUT2D eigenvalue weighted by molar-refractivity contribution is 9.10. The van der Waals surface area contributed by atoms with Gasteiger partial charge in [0.25, 0.3) is 0 Å². The molecule has 0 amide bonds. The maximum absolute atomic E-state index is 5.28. The van der Waals surface area contributed by atoms with Crippen LogP contribution < -0.4 is 10.1 Å². The third kappa shape index (κ3) is 2.12. The van der Waals surface area contributed by atoms with Gasteiger partial charge in [-0.15, -0.1) is 0 Å². The molecule has 96 valence electrons. The van der Waals surface area contributed by atoms with Crippen molar-refractivity contribution in [3.05, 3.63) is 28.8 Å². The quantitative estimate of drug-likeness (QED) is 0.945. The van der Waals surface area contributed by atoms with E-state index in [2.05, 4.69) is 30.6 Å². The van der Waals surface area contributed by atoms with Crippen molar-refractivity contribution >= 4 is 21.4 Å². The molecule has 4 nitrogen and oxygen atoms in total. The van der Waals surface area contributed by atoms with Crippen molar-refractivity contribution in [2.45, 2.75) is 12.8 Å². The molecule has 1 aliphatic heterocycles. The van der Waals surface area contributed by atoms with Crippen LogP contribution in [0, 0.1) is 5.92 Å². The number of hydrogen-bond acceptors (Lipinski definition) is 3. The molecule has 1 fully saturated rings. The van der Waals surface area contributed by atoms with Crippen molar-refractivity contribution in [2.75, 3.05) is 20.2 Å². The second-order valence-electron chi connectivity index (χ2n) is 4.71. The maximum atomic E-state index is 5.28. The van der Waals surface area contributed by atoms with Gasteiger partial charge in [-0.1, -0.05) is 0 Å². The number of hydrogen-bond donors (Lipinski definition) is 1. The van der Waals surface area contributed by atoms with Crippen LogP contribution in [0.5, 0.6) is 5.75 Å². The molecule has 5 heteroatoms. The van der Waals surface area contributed by atoms with Gasteiger partial charge >= 0.3 is 0 Å². The third-order valence-electron chi connectivity index (χ3n) is 3.51. The largest absolute Gasteiger partial charge is 0.495 e. The lowest BCUT2D eigenvalue weighted by molar-refractivity contribution is 0.412. The van der Waals surface area contributed by atoms with Crippen LogP contribution in [0.4, 0.5) is 0 Å². The summed E-state index contributed by atoms with van der Waals surface area (Å²) >= 11 is 3.53. The Bertz CT molecular complexity index is 561. The van der Waals surface area contributed by atoms with Crippen LogP contribution >= 0.6 is 15.9 Å². The number of methoxy groups -OCH3 is 1. The van der Waals surface area contributed by atoms with Crippen molar-refractivity contribution in [3.8, 4) is 5.75 Å². The Balaban J connectivity index is 1.99. The standard InChI is InChI=1S/C13H16BrN3O/c1-18-10-2-3-11-13(14)16-12(17(11)8-10)6-9-4-5-15-7-9/h2-3,8-9,15H,4-7H2,1H3. The molecule has 3 heterocycles. The topological polar surface area (TPSA) is 38.6 Å². The van der Waals surface area contributed by atoms with Crippen molar-refractivity contribution in [3.63, 3.8) is 0 Å². The Kier molecular flexibility index (Phi) is 3.26. The minimum absolute atomic E-state index is 0.689. The SMILES string of the molecule is COc1ccc2c(Br)nc(CC3CCNC3)n2c1. The summed E-state index contributed by atoms with van der Waals surface area (Å²) in [7, 11) is 1.69. The molecule has 3 rings (SSSR count). The molecule has 0 saturated carbocycles. The van der Waals surface area contributed by atoms with E-state index in [4.69, 9.17) is 4.74 Å². The number of halogens is 1. The van der Waals surface area contributed by atoms with Gasteiger partial charge in [0, 0.05) is 6.42 Å². The zero-order valence-electron chi connectivity index (χ0n) is 10.3. The van der Waals surface area contributed by atoms with E-state index in [0.29, 0.717) is 5.92 Å². The molecule has 0 aromatic carbocycles. The van der Waals surface area contributed by atoms with Crippen LogP contribution in [0.2, 0.25) is 0 Å². The molecule has 0 spiro atoms. The fraction of sp³-hybridized carbons (Fsp3) is 0.462. The Morgan fingerprint density at radius 1 is 1.56 bits per heavy atom. The summed E-state index contributed by atoms with van der Waals surface area (Å²) < 4.78 is 8.31. The van der Waals surface area contributed by atoms with E-state index in [1.807, 2.05) is 18.3 Å². The highest BCUT2D eigenvalue weighted by Crippen LogP contribution is 2.24. The minimum atomic E-state index is 0.689. The summed E-state index contributed by atoms with van der Waals surface area (Å²) in [6, 6.07) is 4.00. The first-order chi connectivity index (χ1) is 8.78. The molecule has 2 aromatic rings. The molecular formula is C13H16BrN3O. The second-order valence-corrected chi connectivity index (χ2v) is 5.46. The summed E-state index contributed by atoms with van der Waals surface area (Å²) in [5.74, 6) is 2.65. The van der Waals surface area contributed by atoms with E-state index >= 15 is 0 Å². The normalized spacial score (nSPS) is 19.6. The fourth-order valence-electron chi connectivity index (χ4n) is 2.50. The predicted molar refractivity (Wildman–Crippen MR) is 74.1 cm³/mol. The second kappa shape index (κ2) is 4.90. The maximum Gasteiger partial charge on any atom is 0.135 e. The van der Waals surface area contributed by atoms with E-state index in [1.165, 1.54) is 6.42 Å². The van der Waals surface area contributed by atoms with Gasteiger partial charge < -0.3 is 10.1 Å². The van der Waals surface area contributed by atoms with Crippen LogP contribution in [0.3, 0.4) is 0 Å². The number of fused-ring (bicyclic) bond motifs is 1. The summed E-state index contributed by atoms with van der Waals surface area (Å²) in [6.45, 7) is 2.22. The van der Waals surface area contributed by atoms with E-state index < -0.39 is 0 Å². The number of nitrogens with one attached hydrogen (secondary N) is 1. The van der Waals surface area contributed by atoms with E-state index in [-0.39, 0.29) is 0 Å². The van der Waals surface area contributed by atoms with Crippen LogP contribution in [-0.4, -0.2) is 29.6 Å². The molecule has 2 aromatic heterocycles. The molecule has 1 aliphatic rings. The number of rotatable bonds is 3. The lowest BCUT2D eigenvalue weighted by Gasteiger charge is -2.08. The zero-order chi connectivity index (χ0) is 12.5. The third-order valence-corrected chi connectivity index (χ3v) is 4.09. The molecule has 1 saturated heterocycles. The molecule has 0 radical (unpaired) electrons. The van der Waals surface area contributed by atoms with Crippen molar-refractivity contribution in [1.82, 2.24) is 14.7 Å². The average Bonchev–Trinajstić information content (AvgIpc) is 2.99. The first-order valence-corrected chi connectivity index (χ1v) is 6.98. The van der Waals surface area contributed by atoms with Gasteiger partial charge in [-0.05, 0) is 53.5 Å². The van der Waals surface area contributed by atoms with Gasteiger partial charge in [-0.2, -0.15) is 0 Å². The number of nitrogens with zero attached hydrogens (tertiary/aromatic N) is 2. The van der Waals surface area contributed by atoms with Gasteiger partial charge in [-0.25, -0.2) is 4.98 Å². The smallest absolute Gasteiger partial charge is 0.135 e. The van der Waals surface area contributed by atoms with E-state index in [1.54, 1.807) is 7.11 Å². The zero-order valence-corrected chi connectivity index (χ0v) is 11.9. The molecule has 1 N–H and O–H groups in total. The monoisotopic (exact) mass is 309 g/mol. The molecule has 1 unspecified atom stereocenters. The first-order valence-electron chi connectivity index (χ1n) is 6.19. The first kappa shape index (κ1) is 12.0. The van der Waals surface area contributed by atoms with Crippen LogP contribution in [0.15, 0.2) is 22.9 Å². The van der Waals surface area contributed by atoms with Crippen molar-refractivity contribution in [2.24, 2.45) is 5.92 Å². The number of pyridine rings is 1. The van der Waals surface area contributed by atoms with Gasteiger partial charge in [0.2, 0.25) is 0 Å². The van der Waals surface area contributed by atoms with Gasteiger partial charge in [0.1, 0.15) is 16.2 Å². The number of ether oxygens (including phenoxy) is 1. The average molecular weight is 310 g/mol. The van der Waals surface area contributed by atoms with Gasteiger partial charge in [-0.3, -0.25) is 4.40 Å². The lowest BCUT2D eigenvalue weighted by Crippen LogP contribution is -2.12. The van der Waals surface area contributed by atoms with Gasteiger partial charge in [0.15, 0.2) is 0 Å². The molecule has 0 aliphatic carbocycles. The number of imidazole rings is 1. The van der Waals surface area contributed by atoms with Crippen molar-refractivity contribution in [1.29, 1.82) is 0 Å². The molecule has 18 heavy (non-hydrogen) atoms. The number of aromatic nitrogens is 2. The summed E-state index contributed by atoms with van der Waals surface area (Å²) in [6.07, 6.45) is 4.24. The van der Waals surface area contributed by atoms with Crippen LogP contribution in [0.1, 0.15) is 12.2 Å². The Morgan fingerprint density at radius 2 is 2.44 bits per heavy atom. The van der Waals surface area contributed by atoms with Crippen LogP contribution in [-0.2, 0) is 6.42 Å². The summed E-state index contributed by atoms with van der Waals surface area (Å²) in [5, 5.41) is 3.40. The summed E-state index contributed by atoms with van der Waals surface area (Å²) in [4.78, 5) is 4.62. The highest BCUT2D eigenvalue weighted by atomic mass is 79.9. The molecule has 0 bridgehead atoms. The van der Waals surface area contributed by atoms with E-state index in [0.717, 1.165) is 41.2 Å². The van der Waals surface area contributed by atoms with E-state index in [9.17, 15) is 0 Å². The van der Waals surface area contributed by atoms with Gasteiger partial charge in [0.05, 0.1) is 18.8 Å². The molecule has 1 atom stereocenters. The Hall–Kier alpha value is -1.07. The van der Waals surface area contributed by atoms with Crippen molar-refractivity contribution < 1.29 is 4.74 Å². The minimum Gasteiger partial charge on any atom is -0.495 e. The fourth-order valence-corrected chi connectivity index (χ4v) is 3.03. The Labute approximate surface area is 114 Å². The van der Waals surface area contributed by atoms with Crippen LogP contribution in [0.25, 0.3) is 5.52 Å². The lowest BCUT2D eigenvalue weighted by atomic mass is 10.1. The predicted octanol–water partition coefficient (Wildman–Crippen LogP) is 2.26. The Morgan fingerprint density at radius 3 is 3.17 bits per heavy atom. The molecular weight excluding hydrogens is 294 g/mol. The summed E-state index contributed by atoms with van der Waals surface area (Å²) in [5.41, 5.74) is 1.09. The highest BCUT2D eigenvalue weighted by Gasteiger charge is 2.18.